The van der Waals surface area contributed by atoms with Crippen molar-refractivity contribution in [2.75, 3.05) is 5.32 Å². The van der Waals surface area contributed by atoms with Crippen LogP contribution < -0.4 is 10.9 Å². The first kappa shape index (κ1) is 20.1. The molecule has 0 aliphatic heterocycles. The number of para-hydroxylation sites is 1. The summed E-state index contributed by atoms with van der Waals surface area (Å²) < 4.78 is 16.0. The number of hydrogen-bond donors (Lipinski definition) is 2. The molecule has 5 rings (SSSR count). The smallest absolute Gasteiger partial charge is 0.269 e. The lowest BCUT2D eigenvalue weighted by atomic mass is 10.1. The standard InChI is InChI=1S/C22H17ClFN7O/c1-2-14(29-20-18-19(26-10-25-18)27-11-28-20)21-30-15-8-5-7-13(24)17(15)22(32)31(21)16-9-4-3-6-12(16)23/h3-11,14H,2H2,1H3,(H2,25,26,27,28,29). The number of benzene rings is 2. The summed E-state index contributed by atoms with van der Waals surface area (Å²) in [5.74, 6) is 0.232. The minimum Gasteiger partial charge on any atom is -0.358 e. The van der Waals surface area contributed by atoms with Gasteiger partial charge in [-0.25, -0.2) is 24.3 Å². The fourth-order valence-electron chi connectivity index (χ4n) is 3.69. The SMILES string of the molecule is CCC(Nc1ncnc2[nH]cnc12)c1nc2cccc(F)c2c(=O)n1-c1ccccc1Cl. The second-order valence-electron chi connectivity index (χ2n) is 7.12. The number of imidazole rings is 1. The lowest BCUT2D eigenvalue weighted by molar-refractivity contribution is 0.630. The van der Waals surface area contributed by atoms with Crippen molar-refractivity contribution in [2.45, 2.75) is 19.4 Å². The zero-order valence-corrected chi connectivity index (χ0v) is 17.6. The lowest BCUT2D eigenvalue weighted by Gasteiger charge is -2.22. The van der Waals surface area contributed by atoms with E-state index in [2.05, 4.69) is 30.2 Å². The van der Waals surface area contributed by atoms with Crippen molar-refractivity contribution in [3.63, 3.8) is 0 Å². The third-order valence-electron chi connectivity index (χ3n) is 5.21. The fraction of sp³-hybridized carbons (Fsp3) is 0.136. The van der Waals surface area contributed by atoms with Crippen LogP contribution in [0.5, 0.6) is 0 Å². The molecule has 2 aromatic carbocycles. The molecule has 0 aliphatic carbocycles. The van der Waals surface area contributed by atoms with Crippen molar-refractivity contribution < 1.29 is 4.39 Å². The molecule has 3 heterocycles. The van der Waals surface area contributed by atoms with Gasteiger partial charge in [0.15, 0.2) is 11.5 Å². The Labute approximate surface area is 186 Å². The highest BCUT2D eigenvalue weighted by atomic mass is 35.5. The van der Waals surface area contributed by atoms with Crippen molar-refractivity contribution in [2.24, 2.45) is 0 Å². The predicted octanol–water partition coefficient (Wildman–Crippen LogP) is 4.41. The van der Waals surface area contributed by atoms with Crippen LogP contribution in [-0.2, 0) is 0 Å². The van der Waals surface area contributed by atoms with Gasteiger partial charge < -0.3 is 10.3 Å². The number of nitrogens with zero attached hydrogens (tertiary/aromatic N) is 5. The van der Waals surface area contributed by atoms with E-state index in [1.165, 1.54) is 29.4 Å². The molecule has 0 aliphatic rings. The van der Waals surface area contributed by atoms with Crippen molar-refractivity contribution in [3.05, 3.63) is 82.1 Å². The van der Waals surface area contributed by atoms with Gasteiger partial charge in [-0.1, -0.05) is 36.7 Å². The molecular formula is C22H17ClFN7O. The Morgan fingerprint density at radius 3 is 2.81 bits per heavy atom. The van der Waals surface area contributed by atoms with Gasteiger partial charge in [-0.2, -0.15) is 0 Å². The molecule has 10 heteroatoms. The Balaban J connectivity index is 1.76. The van der Waals surface area contributed by atoms with Crippen LogP contribution in [0.25, 0.3) is 27.8 Å². The molecule has 0 amide bonds. The molecule has 0 spiro atoms. The fourth-order valence-corrected chi connectivity index (χ4v) is 3.91. The second-order valence-corrected chi connectivity index (χ2v) is 7.53. The van der Waals surface area contributed by atoms with Gasteiger partial charge in [-0.05, 0) is 30.7 Å². The van der Waals surface area contributed by atoms with Gasteiger partial charge >= 0.3 is 0 Å². The number of anilines is 1. The highest BCUT2D eigenvalue weighted by molar-refractivity contribution is 6.32. The largest absolute Gasteiger partial charge is 0.358 e. The van der Waals surface area contributed by atoms with E-state index in [9.17, 15) is 9.18 Å². The first-order valence-corrected chi connectivity index (χ1v) is 10.3. The first-order chi connectivity index (χ1) is 15.6. The van der Waals surface area contributed by atoms with Crippen LogP contribution in [0.2, 0.25) is 5.02 Å². The summed E-state index contributed by atoms with van der Waals surface area (Å²) in [6.07, 6.45) is 3.50. The molecule has 0 fully saturated rings. The number of fused-ring (bicyclic) bond motifs is 2. The number of aromatic nitrogens is 6. The lowest BCUT2D eigenvalue weighted by Crippen LogP contribution is -2.29. The highest BCUT2D eigenvalue weighted by Gasteiger charge is 2.23. The summed E-state index contributed by atoms with van der Waals surface area (Å²) in [4.78, 5) is 33.9. The van der Waals surface area contributed by atoms with Crippen molar-refractivity contribution >= 4 is 39.5 Å². The van der Waals surface area contributed by atoms with Crippen LogP contribution in [0.3, 0.4) is 0 Å². The monoisotopic (exact) mass is 449 g/mol. The van der Waals surface area contributed by atoms with E-state index in [0.29, 0.717) is 39.9 Å². The number of H-pyrrole nitrogens is 1. The third kappa shape index (κ3) is 3.27. The minimum absolute atomic E-state index is 0.0947. The molecule has 160 valence electrons. The summed E-state index contributed by atoms with van der Waals surface area (Å²) >= 11 is 6.43. The van der Waals surface area contributed by atoms with Crippen molar-refractivity contribution in [1.82, 2.24) is 29.5 Å². The summed E-state index contributed by atoms with van der Waals surface area (Å²) in [6.45, 7) is 1.94. The van der Waals surface area contributed by atoms with E-state index in [0.717, 1.165) is 0 Å². The molecule has 0 bridgehead atoms. The van der Waals surface area contributed by atoms with Crippen LogP contribution in [0.4, 0.5) is 10.2 Å². The molecule has 5 aromatic rings. The van der Waals surface area contributed by atoms with Crippen LogP contribution in [0.1, 0.15) is 25.2 Å². The number of aromatic amines is 1. The van der Waals surface area contributed by atoms with Crippen molar-refractivity contribution in [1.29, 1.82) is 0 Å². The molecule has 32 heavy (non-hydrogen) atoms. The first-order valence-electron chi connectivity index (χ1n) is 9.95. The molecule has 1 atom stereocenters. The van der Waals surface area contributed by atoms with Crippen LogP contribution in [-0.4, -0.2) is 29.5 Å². The van der Waals surface area contributed by atoms with E-state index in [4.69, 9.17) is 11.6 Å². The van der Waals surface area contributed by atoms with Crippen molar-refractivity contribution in [3.8, 4) is 5.69 Å². The van der Waals surface area contributed by atoms with Gasteiger partial charge in [-0.15, -0.1) is 0 Å². The predicted molar refractivity (Wildman–Crippen MR) is 121 cm³/mol. The molecule has 3 aromatic heterocycles. The summed E-state index contributed by atoms with van der Waals surface area (Å²) in [7, 11) is 0. The summed E-state index contributed by atoms with van der Waals surface area (Å²) in [6, 6.07) is 10.8. The van der Waals surface area contributed by atoms with Gasteiger partial charge in [0, 0.05) is 0 Å². The molecule has 0 saturated carbocycles. The number of hydrogen-bond acceptors (Lipinski definition) is 6. The summed E-state index contributed by atoms with van der Waals surface area (Å²) in [5.41, 5.74) is 1.28. The Hall–Kier alpha value is -3.85. The second kappa shape index (κ2) is 8.01. The van der Waals surface area contributed by atoms with Gasteiger partial charge in [0.1, 0.15) is 28.9 Å². The zero-order valence-electron chi connectivity index (χ0n) is 16.9. The van der Waals surface area contributed by atoms with Gasteiger partial charge in [-0.3, -0.25) is 9.36 Å². The molecule has 1 unspecified atom stereocenters. The molecule has 8 nitrogen and oxygen atoms in total. The quantitative estimate of drug-likeness (QED) is 0.412. The summed E-state index contributed by atoms with van der Waals surface area (Å²) in [5, 5.41) is 3.57. The maximum Gasteiger partial charge on any atom is 0.269 e. The molecule has 0 saturated heterocycles. The minimum atomic E-state index is -0.637. The van der Waals surface area contributed by atoms with Gasteiger partial charge in [0.05, 0.1) is 28.6 Å². The average Bonchev–Trinajstić information content (AvgIpc) is 3.28. The van der Waals surface area contributed by atoms with Crippen LogP contribution in [0.15, 0.2) is 59.9 Å². The van der Waals surface area contributed by atoms with E-state index in [1.54, 1.807) is 30.3 Å². The maximum atomic E-state index is 14.6. The van der Waals surface area contributed by atoms with Gasteiger partial charge in [0.2, 0.25) is 0 Å². The highest BCUT2D eigenvalue weighted by Crippen LogP contribution is 2.28. The van der Waals surface area contributed by atoms with Gasteiger partial charge in [0.25, 0.3) is 5.56 Å². The zero-order chi connectivity index (χ0) is 22.2. The Morgan fingerprint density at radius 1 is 1.16 bits per heavy atom. The molecule has 2 N–H and O–H groups in total. The van der Waals surface area contributed by atoms with E-state index >= 15 is 0 Å². The molecule has 0 radical (unpaired) electrons. The van der Waals surface area contributed by atoms with Crippen LogP contribution in [0, 0.1) is 5.82 Å². The third-order valence-corrected chi connectivity index (χ3v) is 5.53. The number of nitrogens with one attached hydrogen (secondary N) is 2. The molecular weight excluding hydrogens is 433 g/mol. The number of halogens is 2. The maximum absolute atomic E-state index is 14.6. The Morgan fingerprint density at radius 2 is 2.00 bits per heavy atom. The normalized spacial score (nSPS) is 12.3. The number of rotatable bonds is 5. The average molecular weight is 450 g/mol. The Bertz CT molecular complexity index is 1510. The Kier molecular flexibility index (Phi) is 5.02. The topological polar surface area (TPSA) is 101 Å². The van der Waals surface area contributed by atoms with E-state index in [1.807, 2.05) is 6.92 Å². The van der Waals surface area contributed by atoms with E-state index < -0.39 is 17.4 Å². The van der Waals surface area contributed by atoms with E-state index in [-0.39, 0.29) is 10.9 Å². The van der Waals surface area contributed by atoms with Crippen LogP contribution >= 0.6 is 11.6 Å².